The van der Waals surface area contributed by atoms with Crippen LogP contribution in [0.15, 0.2) is 53.4 Å². The highest BCUT2D eigenvalue weighted by molar-refractivity contribution is 7.89. The Balaban J connectivity index is 2.08. The van der Waals surface area contributed by atoms with Crippen LogP contribution in [0.5, 0.6) is 5.75 Å². The second-order valence-electron chi connectivity index (χ2n) is 6.80. The number of nitrogens with one attached hydrogen (secondary N) is 1. The molecule has 0 bridgehead atoms. The minimum atomic E-state index is -3.58. The van der Waals surface area contributed by atoms with Crippen LogP contribution >= 0.6 is 0 Å². The van der Waals surface area contributed by atoms with Crippen molar-refractivity contribution >= 4 is 21.6 Å². The van der Waals surface area contributed by atoms with Crippen LogP contribution in [-0.4, -0.2) is 38.3 Å². The first kappa shape index (κ1) is 22.9. The molecule has 0 aliphatic carbocycles. The standard InChI is InChI=1S/C22H30N2O4S/c1-5-17(4)20-13-8-9-14-21(20)28-16-22(25)23-18-11-10-12-19(15-18)29(26,27)24(6-2)7-3/h8-15,17H,5-7,16H2,1-4H3,(H,23,25). The second-order valence-corrected chi connectivity index (χ2v) is 8.74. The molecular weight excluding hydrogens is 388 g/mol. The zero-order valence-electron chi connectivity index (χ0n) is 17.5. The molecule has 7 heteroatoms. The molecule has 1 N–H and O–H groups in total. The summed E-state index contributed by atoms with van der Waals surface area (Å²) in [4.78, 5) is 12.5. The fraction of sp³-hybridized carbons (Fsp3) is 0.409. The number of amides is 1. The minimum absolute atomic E-state index is 0.152. The molecule has 1 amide bonds. The molecule has 2 aromatic rings. The van der Waals surface area contributed by atoms with Gasteiger partial charge in [-0.25, -0.2) is 8.42 Å². The number of rotatable bonds is 10. The van der Waals surface area contributed by atoms with Crippen LogP contribution in [0.1, 0.15) is 45.6 Å². The average molecular weight is 419 g/mol. The van der Waals surface area contributed by atoms with Crippen LogP contribution in [-0.2, 0) is 14.8 Å². The third-order valence-corrected chi connectivity index (χ3v) is 6.93. The molecular formula is C22H30N2O4S. The quantitative estimate of drug-likeness (QED) is 0.626. The minimum Gasteiger partial charge on any atom is -0.483 e. The number of nitrogens with zero attached hydrogens (tertiary/aromatic N) is 1. The van der Waals surface area contributed by atoms with Gasteiger partial charge in [-0.15, -0.1) is 0 Å². The number of carbonyl (C=O) groups excluding carboxylic acids is 1. The van der Waals surface area contributed by atoms with Gasteiger partial charge < -0.3 is 10.1 Å². The van der Waals surface area contributed by atoms with E-state index in [-0.39, 0.29) is 17.4 Å². The van der Waals surface area contributed by atoms with Gasteiger partial charge in [0.25, 0.3) is 5.91 Å². The molecule has 2 rings (SSSR count). The summed E-state index contributed by atoms with van der Waals surface area (Å²) in [5.41, 5.74) is 1.48. The summed E-state index contributed by atoms with van der Waals surface area (Å²) in [6.45, 7) is 8.43. The van der Waals surface area contributed by atoms with E-state index in [0.29, 0.717) is 30.4 Å². The second kappa shape index (κ2) is 10.4. The normalized spacial score (nSPS) is 12.6. The Morgan fingerprint density at radius 2 is 1.76 bits per heavy atom. The lowest BCUT2D eigenvalue weighted by molar-refractivity contribution is -0.118. The van der Waals surface area contributed by atoms with E-state index < -0.39 is 10.0 Å². The Hall–Kier alpha value is -2.38. The molecule has 0 heterocycles. The number of sulfonamides is 1. The van der Waals surface area contributed by atoms with Crippen LogP contribution in [0.25, 0.3) is 0 Å². The smallest absolute Gasteiger partial charge is 0.262 e. The summed E-state index contributed by atoms with van der Waals surface area (Å²) in [6, 6.07) is 14.0. The van der Waals surface area contributed by atoms with Crippen molar-refractivity contribution in [1.82, 2.24) is 4.31 Å². The third kappa shape index (κ3) is 5.81. The van der Waals surface area contributed by atoms with Gasteiger partial charge in [-0.3, -0.25) is 4.79 Å². The lowest BCUT2D eigenvalue weighted by Gasteiger charge is -2.19. The highest BCUT2D eigenvalue weighted by atomic mass is 32.2. The van der Waals surface area contributed by atoms with Gasteiger partial charge in [0.15, 0.2) is 6.61 Å². The van der Waals surface area contributed by atoms with Gasteiger partial charge in [-0.2, -0.15) is 4.31 Å². The number of anilines is 1. The fourth-order valence-electron chi connectivity index (χ4n) is 3.03. The first-order valence-electron chi connectivity index (χ1n) is 9.95. The molecule has 0 fully saturated rings. The average Bonchev–Trinajstić information content (AvgIpc) is 2.72. The molecule has 0 spiro atoms. The van der Waals surface area contributed by atoms with E-state index in [0.717, 1.165) is 12.0 Å². The fourth-order valence-corrected chi connectivity index (χ4v) is 4.53. The van der Waals surface area contributed by atoms with Crippen molar-refractivity contribution < 1.29 is 17.9 Å². The summed E-state index contributed by atoms with van der Waals surface area (Å²) in [5.74, 6) is 0.674. The number of hydrogen-bond acceptors (Lipinski definition) is 4. The number of benzene rings is 2. The largest absolute Gasteiger partial charge is 0.483 e. The Morgan fingerprint density at radius 1 is 1.07 bits per heavy atom. The Morgan fingerprint density at radius 3 is 2.41 bits per heavy atom. The molecule has 0 aromatic heterocycles. The van der Waals surface area contributed by atoms with Gasteiger partial charge in [0.1, 0.15) is 5.75 Å². The van der Waals surface area contributed by atoms with E-state index in [2.05, 4.69) is 19.2 Å². The van der Waals surface area contributed by atoms with Crippen molar-refractivity contribution in [2.75, 3.05) is 25.0 Å². The summed E-state index contributed by atoms with van der Waals surface area (Å²) >= 11 is 0. The van der Waals surface area contributed by atoms with Gasteiger partial charge >= 0.3 is 0 Å². The van der Waals surface area contributed by atoms with Crippen molar-refractivity contribution in [2.24, 2.45) is 0 Å². The zero-order chi connectivity index (χ0) is 21.4. The Kier molecular flexibility index (Phi) is 8.22. The topological polar surface area (TPSA) is 75.7 Å². The molecule has 0 saturated carbocycles. The summed E-state index contributed by atoms with van der Waals surface area (Å²) in [5, 5.41) is 2.72. The molecule has 29 heavy (non-hydrogen) atoms. The number of carbonyl (C=O) groups is 1. The SMILES string of the molecule is CCC(C)c1ccccc1OCC(=O)Nc1cccc(S(=O)(=O)N(CC)CC)c1. The maximum Gasteiger partial charge on any atom is 0.262 e. The monoisotopic (exact) mass is 418 g/mol. The highest BCUT2D eigenvalue weighted by Gasteiger charge is 2.22. The van der Waals surface area contributed by atoms with Gasteiger partial charge in [0.05, 0.1) is 4.90 Å². The highest BCUT2D eigenvalue weighted by Crippen LogP contribution is 2.28. The molecule has 0 aliphatic heterocycles. The van der Waals surface area contributed by atoms with Crippen LogP contribution in [0, 0.1) is 0 Å². The van der Waals surface area contributed by atoms with Crippen molar-refractivity contribution in [3.8, 4) is 5.75 Å². The number of ether oxygens (including phenoxy) is 1. The predicted molar refractivity (Wildman–Crippen MR) is 116 cm³/mol. The van der Waals surface area contributed by atoms with E-state index in [9.17, 15) is 13.2 Å². The lowest BCUT2D eigenvalue weighted by atomic mass is 9.98. The molecule has 1 atom stereocenters. The van der Waals surface area contributed by atoms with Gasteiger partial charge in [0, 0.05) is 18.8 Å². The molecule has 158 valence electrons. The summed E-state index contributed by atoms with van der Waals surface area (Å²) < 4.78 is 32.4. The van der Waals surface area contributed by atoms with E-state index >= 15 is 0 Å². The predicted octanol–water partition coefficient (Wildman–Crippen LogP) is 4.25. The van der Waals surface area contributed by atoms with E-state index in [1.165, 1.54) is 16.4 Å². The Bertz CT molecular complexity index is 924. The maximum absolute atomic E-state index is 12.7. The van der Waals surface area contributed by atoms with Crippen LogP contribution in [0.3, 0.4) is 0 Å². The molecule has 2 aromatic carbocycles. The van der Waals surface area contributed by atoms with E-state index in [4.69, 9.17) is 4.74 Å². The van der Waals surface area contributed by atoms with Gasteiger partial charge in [-0.1, -0.05) is 52.0 Å². The third-order valence-electron chi connectivity index (χ3n) is 4.88. The van der Waals surface area contributed by atoms with Gasteiger partial charge in [-0.05, 0) is 42.2 Å². The van der Waals surface area contributed by atoms with Crippen molar-refractivity contribution in [1.29, 1.82) is 0 Å². The first-order valence-corrected chi connectivity index (χ1v) is 11.4. The number of hydrogen-bond donors (Lipinski definition) is 1. The van der Waals surface area contributed by atoms with Crippen molar-refractivity contribution in [2.45, 2.75) is 44.9 Å². The van der Waals surface area contributed by atoms with Crippen LogP contribution in [0.4, 0.5) is 5.69 Å². The molecule has 6 nitrogen and oxygen atoms in total. The Labute approximate surface area is 173 Å². The maximum atomic E-state index is 12.7. The van der Waals surface area contributed by atoms with Gasteiger partial charge in [0.2, 0.25) is 10.0 Å². The molecule has 0 radical (unpaired) electrons. The zero-order valence-corrected chi connectivity index (χ0v) is 18.3. The summed E-state index contributed by atoms with van der Waals surface area (Å²) in [6.07, 6.45) is 0.973. The van der Waals surface area contributed by atoms with Crippen molar-refractivity contribution in [3.63, 3.8) is 0 Å². The van der Waals surface area contributed by atoms with Crippen molar-refractivity contribution in [3.05, 3.63) is 54.1 Å². The first-order chi connectivity index (χ1) is 13.8. The summed E-state index contributed by atoms with van der Waals surface area (Å²) in [7, 11) is -3.58. The number of para-hydroxylation sites is 1. The van der Waals surface area contributed by atoms with E-state index in [1.54, 1.807) is 26.0 Å². The van der Waals surface area contributed by atoms with E-state index in [1.807, 2.05) is 24.3 Å². The molecule has 0 aliphatic rings. The van der Waals surface area contributed by atoms with Crippen LogP contribution < -0.4 is 10.1 Å². The molecule has 1 unspecified atom stereocenters. The molecule has 0 saturated heterocycles. The lowest BCUT2D eigenvalue weighted by Crippen LogP contribution is -2.30. The van der Waals surface area contributed by atoms with Crippen LogP contribution in [0.2, 0.25) is 0 Å².